The average molecular weight is 386 g/mol. The Bertz CT molecular complexity index is 397. The van der Waals surface area contributed by atoms with Crippen molar-refractivity contribution in [2.45, 2.75) is 26.2 Å². The van der Waals surface area contributed by atoms with E-state index in [-0.39, 0.29) is 21.2 Å². The number of halogens is 5. The van der Waals surface area contributed by atoms with E-state index in [4.69, 9.17) is 0 Å². The predicted molar refractivity (Wildman–Crippen MR) is 66.4 cm³/mol. The Morgan fingerprint density at radius 1 is 1.11 bits per heavy atom. The molecule has 0 spiro atoms. The molecule has 0 aliphatic heterocycles. The van der Waals surface area contributed by atoms with E-state index in [0.29, 0.717) is 0 Å². The summed E-state index contributed by atoms with van der Waals surface area (Å²) in [6, 6.07) is 10.9. The third-order valence-electron chi connectivity index (χ3n) is 2.58. The van der Waals surface area contributed by atoms with Gasteiger partial charge in [0.15, 0.2) is 7.15 Å². The van der Waals surface area contributed by atoms with Crippen LogP contribution in [0, 0.1) is 9.49 Å². The van der Waals surface area contributed by atoms with Gasteiger partial charge in [0.1, 0.15) is 0 Å². The highest BCUT2D eigenvalue weighted by Crippen LogP contribution is 2.18. The van der Waals surface area contributed by atoms with Crippen molar-refractivity contribution in [3.05, 3.63) is 43.6 Å². The normalized spacial score (nSPS) is 19.2. The van der Waals surface area contributed by atoms with E-state index < -0.39 is 7.25 Å². The molecule has 1 aromatic carbocycles. The van der Waals surface area contributed by atoms with Crippen molar-refractivity contribution in [2.75, 3.05) is 0 Å². The Morgan fingerprint density at radius 3 is 2.16 bits per heavy atom. The lowest BCUT2D eigenvalue weighted by atomic mass is 9.97. The van der Waals surface area contributed by atoms with Crippen LogP contribution in [0.3, 0.4) is 0 Å². The molecule has 0 saturated heterocycles. The van der Waals surface area contributed by atoms with Gasteiger partial charge in [-0.3, -0.25) is 0 Å². The van der Waals surface area contributed by atoms with E-state index in [9.17, 15) is 17.3 Å². The summed E-state index contributed by atoms with van der Waals surface area (Å²) < 4.78 is 42.3. The first-order valence-corrected chi connectivity index (χ1v) is 8.26. The summed E-state index contributed by atoms with van der Waals surface area (Å²) in [5.74, 6) is 0.915. The molecule has 1 unspecified atom stereocenters. The number of hydrogen-bond acceptors (Lipinski definition) is 0. The Morgan fingerprint density at radius 2 is 1.68 bits per heavy atom. The van der Waals surface area contributed by atoms with Crippen molar-refractivity contribution in [3.8, 4) is 0 Å². The van der Waals surface area contributed by atoms with Crippen LogP contribution in [0.2, 0.25) is 0 Å². The molecule has 1 aromatic rings. The highest BCUT2D eigenvalue weighted by molar-refractivity contribution is 6.50. The van der Waals surface area contributed by atoms with E-state index in [0.717, 1.165) is 5.92 Å². The van der Waals surface area contributed by atoms with E-state index in [2.05, 4.69) is 43.3 Å². The van der Waals surface area contributed by atoms with E-state index in [1.165, 1.54) is 19.3 Å². The van der Waals surface area contributed by atoms with E-state index in [1.807, 2.05) is 0 Å². The summed E-state index contributed by atoms with van der Waals surface area (Å²) in [7, 11) is -6.00. The van der Waals surface area contributed by atoms with Gasteiger partial charge in [0.05, 0.1) is 0 Å². The van der Waals surface area contributed by atoms with Crippen LogP contribution < -0.4 is 21.2 Å². The molecular formula is C13H16BF4I. The van der Waals surface area contributed by atoms with Gasteiger partial charge in [-0.1, -0.05) is 25.1 Å². The summed E-state index contributed by atoms with van der Waals surface area (Å²) in [5, 5.41) is 0. The van der Waals surface area contributed by atoms with Gasteiger partial charge >= 0.3 is 28.5 Å². The lowest BCUT2D eigenvalue weighted by molar-refractivity contribution is -0.579. The zero-order valence-corrected chi connectivity index (χ0v) is 12.8. The van der Waals surface area contributed by atoms with Crippen molar-refractivity contribution in [2.24, 2.45) is 5.92 Å². The fraction of sp³-hybridized carbons (Fsp3) is 0.385. The SMILES string of the molecule is CC1CC=C([I+]c2ccccc2)CC1.F[B-](F)(F)F. The Labute approximate surface area is 121 Å². The molecule has 0 nitrogen and oxygen atoms in total. The zero-order chi connectivity index (χ0) is 14.3. The summed E-state index contributed by atoms with van der Waals surface area (Å²) in [6.07, 6.45) is 6.55. The summed E-state index contributed by atoms with van der Waals surface area (Å²) >= 11 is 0.147. The molecule has 106 valence electrons. The third kappa shape index (κ3) is 9.07. The molecule has 2 rings (SSSR count). The van der Waals surface area contributed by atoms with Crippen molar-refractivity contribution in [3.63, 3.8) is 0 Å². The lowest BCUT2D eigenvalue weighted by Crippen LogP contribution is -3.61. The molecule has 0 heterocycles. The van der Waals surface area contributed by atoms with E-state index >= 15 is 0 Å². The minimum Gasteiger partial charge on any atom is -0.418 e. The van der Waals surface area contributed by atoms with Crippen molar-refractivity contribution in [1.29, 1.82) is 0 Å². The maximum atomic E-state index is 9.75. The van der Waals surface area contributed by atoms with Gasteiger partial charge < -0.3 is 17.3 Å². The average Bonchev–Trinajstić information content (AvgIpc) is 2.31. The molecule has 1 aliphatic rings. The number of allylic oxidation sites excluding steroid dienone is 2. The molecule has 0 amide bonds. The molecule has 6 heteroatoms. The first-order chi connectivity index (χ1) is 8.84. The summed E-state index contributed by atoms with van der Waals surface area (Å²) in [5.41, 5.74) is 0. The Kier molecular flexibility index (Phi) is 6.89. The number of rotatable bonds is 2. The topological polar surface area (TPSA) is 0 Å². The standard InChI is InChI=1S/C13H16I.BF4/c1-11-7-9-13(10-8-11)14-12-5-3-2-4-6-12;2-1(3,4)5/h2-6,9,11H,7-8,10H2,1H3;/q+1;-1. The molecule has 1 atom stereocenters. The smallest absolute Gasteiger partial charge is 0.418 e. The zero-order valence-electron chi connectivity index (χ0n) is 10.6. The molecule has 0 bridgehead atoms. The first-order valence-electron chi connectivity index (χ1n) is 6.11. The monoisotopic (exact) mass is 386 g/mol. The van der Waals surface area contributed by atoms with Gasteiger partial charge in [0.25, 0.3) is 0 Å². The van der Waals surface area contributed by atoms with Crippen LogP contribution in [0.25, 0.3) is 0 Å². The van der Waals surface area contributed by atoms with Crippen LogP contribution in [-0.4, -0.2) is 7.25 Å². The van der Waals surface area contributed by atoms with Crippen LogP contribution in [0.5, 0.6) is 0 Å². The van der Waals surface area contributed by atoms with Gasteiger partial charge in [-0.2, -0.15) is 0 Å². The van der Waals surface area contributed by atoms with Crippen LogP contribution in [-0.2, 0) is 0 Å². The van der Waals surface area contributed by atoms with E-state index in [1.54, 1.807) is 7.15 Å². The second-order valence-corrected chi connectivity index (χ2v) is 7.59. The maximum Gasteiger partial charge on any atom is 0.673 e. The molecule has 0 aromatic heterocycles. The summed E-state index contributed by atoms with van der Waals surface area (Å²) in [6.45, 7) is 2.36. The van der Waals surface area contributed by atoms with Crippen molar-refractivity contribution < 1.29 is 38.5 Å². The van der Waals surface area contributed by atoms with Gasteiger partial charge in [-0.25, -0.2) is 0 Å². The fourth-order valence-electron chi connectivity index (χ4n) is 1.64. The maximum absolute atomic E-state index is 9.75. The van der Waals surface area contributed by atoms with Crippen LogP contribution in [0.4, 0.5) is 17.3 Å². The fourth-order valence-corrected chi connectivity index (χ4v) is 4.27. The quantitative estimate of drug-likeness (QED) is 0.414. The molecule has 19 heavy (non-hydrogen) atoms. The third-order valence-corrected chi connectivity index (χ3v) is 5.60. The molecule has 1 aliphatic carbocycles. The number of hydrogen-bond donors (Lipinski definition) is 0. The Hall–Kier alpha value is -0.525. The van der Waals surface area contributed by atoms with Gasteiger partial charge in [-0.05, 0) is 37.0 Å². The second-order valence-electron chi connectivity index (χ2n) is 4.42. The largest absolute Gasteiger partial charge is 0.673 e. The van der Waals surface area contributed by atoms with Crippen molar-refractivity contribution in [1.82, 2.24) is 0 Å². The van der Waals surface area contributed by atoms with Crippen molar-refractivity contribution >= 4 is 7.25 Å². The van der Waals surface area contributed by atoms with Gasteiger partial charge in [-0.15, -0.1) is 0 Å². The minimum absolute atomic E-state index is 0.147. The summed E-state index contributed by atoms with van der Waals surface area (Å²) in [4.78, 5) is 0. The number of benzene rings is 1. The van der Waals surface area contributed by atoms with Gasteiger partial charge in [0.2, 0.25) is 0 Å². The van der Waals surface area contributed by atoms with Crippen LogP contribution >= 0.6 is 0 Å². The first kappa shape index (κ1) is 16.5. The highest BCUT2D eigenvalue weighted by atomic mass is 127. The molecule has 0 saturated carbocycles. The Balaban J connectivity index is 0.000000312. The molecular weight excluding hydrogens is 370 g/mol. The van der Waals surface area contributed by atoms with Gasteiger partial charge in [0, 0.05) is 6.42 Å². The highest BCUT2D eigenvalue weighted by Gasteiger charge is 2.22. The predicted octanol–water partition coefficient (Wildman–Crippen LogP) is 1.95. The minimum atomic E-state index is -6.00. The molecule has 0 N–H and O–H groups in total. The lowest BCUT2D eigenvalue weighted by Gasteiger charge is -2.11. The van der Waals surface area contributed by atoms with Crippen LogP contribution in [0.1, 0.15) is 26.2 Å². The molecule has 0 radical (unpaired) electrons. The molecule has 0 fully saturated rings. The van der Waals surface area contributed by atoms with Crippen LogP contribution in [0.15, 0.2) is 40.0 Å². The second kappa shape index (κ2) is 7.92.